The summed E-state index contributed by atoms with van der Waals surface area (Å²) in [5, 5.41) is 3.88. The Morgan fingerprint density at radius 2 is 1.71 bits per heavy atom. The summed E-state index contributed by atoms with van der Waals surface area (Å²) in [6.07, 6.45) is 1.66. The number of anilines is 2. The van der Waals surface area contributed by atoms with Crippen molar-refractivity contribution in [3.05, 3.63) is 81.0 Å². The maximum atomic E-state index is 14.5. The van der Waals surface area contributed by atoms with Crippen molar-refractivity contribution in [1.29, 1.82) is 0 Å². The normalized spacial score (nSPS) is 17.6. The highest BCUT2D eigenvalue weighted by Crippen LogP contribution is 2.55. The lowest BCUT2D eigenvalue weighted by Crippen LogP contribution is -2.51. The fourth-order valence-corrected chi connectivity index (χ4v) is 6.13. The smallest absolute Gasteiger partial charge is 0.280 e. The minimum atomic E-state index is -1.58. The summed E-state index contributed by atoms with van der Waals surface area (Å²) in [5.74, 6) is 0.647. The van der Waals surface area contributed by atoms with Gasteiger partial charge in [-0.15, -0.1) is 0 Å². The van der Waals surface area contributed by atoms with E-state index in [-0.39, 0.29) is 17.7 Å². The molecule has 0 saturated carbocycles. The first kappa shape index (κ1) is 27.2. The highest BCUT2D eigenvalue weighted by molar-refractivity contribution is 6.32. The van der Waals surface area contributed by atoms with E-state index >= 15 is 0 Å². The molecular weight excluding hydrogens is 563 g/mol. The van der Waals surface area contributed by atoms with Crippen molar-refractivity contribution in [3.8, 4) is 17.3 Å². The number of aromatic nitrogens is 4. The Labute approximate surface area is 247 Å². The summed E-state index contributed by atoms with van der Waals surface area (Å²) in [6.45, 7) is 9.81. The Morgan fingerprint density at radius 1 is 1.00 bits per heavy atom. The van der Waals surface area contributed by atoms with Crippen LogP contribution in [0.4, 0.5) is 11.4 Å². The van der Waals surface area contributed by atoms with Crippen molar-refractivity contribution in [2.75, 3.05) is 17.3 Å². The summed E-state index contributed by atoms with van der Waals surface area (Å²) >= 11 is 12.8. The number of hydrogen-bond acceptors (Lipinski definition) is 6. The molecule has 41 heavy (non-hydrogen) atoms. The van der Waals surface area contributed by atoms with E-state index in [2.05, 4.69) is 15.3 Å². The van der Waals surface area contributed by atoms with Crippen LogP contribution in [0.25, 0.3) is 11.4 Å². The minimum Gasteiger partial charge on any atom is -0.480 e. The number of rotatable bonds is 5. The zero-order valence-electron chi connectivity index (χ0n) is 23.4. The molecule has 2 aliphatic rings. The van der Waals surface area contributed by atoms with E-state index in [1.165, 1.54) is 12.0 Å². The van der Waals surface area contributed by atoms with Crippen LogP contribution in [-0.2, 0) is 10.3 Å². The van der Waals surface area contributed by atoms with Crippen molar-refractivity contribution in [3.63, 3.8) is 0 Å². The summed E-state index contributed by atoms with van der Waals surface area (Å²) in [5.41, 5.74) is 1.93. The fourth-order valence-electron chi connectivity index (χ4n) is 5.79. The molecule has 2 amide bonds. The van der Waals surface area contributed by atoms with Crippen molar-refractivity contribution in [1.82, 2.24) is 19.5 Å². The zero-order chi connectivity index (χ0) is 29.4. The van der Waals surface area contributed by atoms with Gasteiger partial charge in [0, 0.05) is 39.5 Å². The molecule has 2 aromatic carbocycles. The third-order valence-corrected chi connectivity index (χ3v) is 8.06. The number of fused-ring (bicyclic) bond motifs is 4. The zero-order valence-corrected chi connectivity index (χ0v) is 24.9. The molecule has 4 aromatic rings. The lowest BCUT2D eigenvalue weighted by atomic mass is 9.86. The van der Waals surface area contributed by atoms with E-state index in [0.29, 0.717) is 55.8 Å². The topological polar surface area (TPSA) is 102 Å². The van der Waals surface area contributed by atoms with Gasteiger partial charge in [0.25, 0.3) is 11.8 Å². The molecule has 0 saturated heterocycles. The molecule has 210 valence electrons. The fraction of sp³-hybridized carbons (Fsp3) is 0.300. The largest absolute Gasteiger partial charge is 0.480 e. The van der Waals surface area contributed by atoms with Gasteiger partial charge in [-0.25, -0.2) is 9.97 Å². The van der Waals surface area contributed by atoms with Crippen LogP contribution in [0.15, 0.2) is 42.6 Å². The standard InChI is InChI=1S/C30H28Cl2N6O3/c1-14(2)25-33-13-19(27(36-25)41-6)26-35-23-24(37(26)15(3)4)30(20-10-9-17(31)11-21(20)34-29(30)40)38(28(23)39)22-12-18(32)8-7-16(22)5/h7-15H,1-6H3,(H,34,40)/t30-/m0/s1. The van der Waals surface area contributed by atoms with Gasteiger partial charge >= 0.3 is 0 Å². The molecule has 11 heteroatoms. The third kappa shape index (κ3) is 3.79. The van der Waals surface area contributed by atoms with Crippen LogP contribution in [0.5, 0.6) is 5.88 Å². The molecule has 0 fully saturated rings. The number of nitrogens with zero attached hydrogens (tertiary/aromatic N) is 5. The molecule has 1 spiro atoms. The highest BCUT2D eigenvalue weighted by Gasteiger charge is 2.64. The maximum Gasteiger partial charge on any atom is 0.280 e. The Kier molecular flexibility index (Phi) is 6.35. The van der Waals surface area contributed by atoms with Crippen LogP contribution in [0.2, 0.25) is 10.0 Å². The molecule has 2 aliphatic heterocycles. The Bertz CT molecular complexity index is 1770. The number of amides is 2. The Morgan fingerprint density at radius 3 is 2.39 bits per heavy atom. The maximum absolute atomic E-state index is 14.5. The second-order valence-corrected chi connectivity index (χ2v) is 11.7. The van der Waals surface area contributed by atoms with Gasteiger partial charge < -0.3 is 14.6 Å². The summed E-state index contributed by atoms with van der Waals surface area (Å²) in [6, 6.07) is 10.2. The summed E-state index contributed by atoms with van der Waals surface area (Å²) in [7, 11) is 1.53. The third-order valence-electron chi connectivity index (χ3n) is 7.59. The Hall–Kier alpha value is -3.95. The second-order valence-electron chi connectivity index (χ2n) is 10.8. The number of hydrogen-bond donors (Lipinski definition) is 1. The Balaban J connectivity index is 1.72. The van der Waals surface area contributed by atoms with Crippen molar-refractivity contribution >= 4 is 46.4 Å². The van der Waals surface area contributed by atoms with Crippen LogP contribution in [0.3, 0.4) is 0 Å². The van der Waals surface area contributed by atoms with Gasteiger partial charge in [-0.3, -0.25) is 14.5 Å². The average Bonchev–Trinajstić information content (AvgIpc) is 3.53. The van der Waals surface area contributed by atoms with E-state index in [1.807, 2.05) is 45.3 Å². The van der Waals surface area contributed by atoms with Gasteiger partial charge in [-0.1, -0.05) is 49.2 Å². The van der Waals surface area contributed by atoms with Gasteiger partial charge in [0.2, 0.25) is 5.88 Å². The highest BCUT2D eigenvalue weighted by atomic mass is 35.5. The van der Waals surface area contributed by atoms with Gasteiger partial charge in [0.1, 0.15) is 11.6 Å². The predicted octanol–water partition coefficient (Wildman–Crippen LogP) is 6.52. The number of carbonyl (C=O) groups excluding carboxylic acids is 2. The number of imidazole rings is 1. The van der Waals surface area contributed by atoms with E-state index in [1.54, 1.807) is 36.5 Å². The number of halogens is 2. The van der Waals surface area contributed by atoms with Gasteiger partial charge in [-0.2, -0.15) is 4.98 Å². The van der Waals surface area contributed by atoms with E-state index in [4.69, 9.17) is 32.9 Å². The molecule has 0 unspecified atom stereocenters. The number of ether oxygens (including phenoxy) is 1. The number of benzene rings is 2. The quantitative estimate of drug-likeness (QED) is 0.283. The second kappa shape index (κ2) is 9.56. The first-order valence-electron chi connectivity index (χ1n) is 13.3. The van der Waals surface area contributed by atoms with Gasteiger partial charge in [0.15, 0.2) is 11.2 Å². The van der Waals surface area contributed by atoms with Gasteiger partial charge in [0.05, 0.1) is 24.1 Å². The molecule has 1 N–H and O–H groups in total. The average molecular weight is 591 g/mol. The SMILES string of the molecule is COc1nc(C(C)C)ncc1-c1nc2c(n1C(C)C)[C@@]1(C(=O)Nc3cc(Cl)ccc31)N(c1cc(Cl)ccc1C)C2=O. The monoisotopic (exact) mass is 590 g/mol. The number of aryl methyl sites for hydroxylation is 1. The lowest BCUT2D eigenvalue weighted by molar-refractivity contribution is -0.119. The first-order valence-corrected chi connectivity index (χ1v) is 14.0. The van der Waals surface area contributed by atoms with Crippen molar-refractivity contribution < 1.29 is 14.3 Å². The van der Waals surface area contributed by atoms with E-state index < -0.39 is 17.4 Å². The molecular formula is C30H28Cl2N6O3. The van der Waals surface area contributed by atoms with Crippen LogP contribution < -0.4 is 15.0 Å². The molecule has 0 bridgehead atoms. The number of carbonyl (C=O) groups is 2. The molecule has 4 heterocycles. The summed E-state index contributed by atoms with van der Waals surface area (Å²) < 4.78 is 7.58. The number of nitrogens with one attached hydrogen (secondary N) is 1. The lowest BCUT2D eigenvalue weighted by Gasteiger charge is -2.36. The first-order chi connectivity index (χ1) is 19.5. The molecule has 6 rings (SSSR count). The van der Waals surface area contributed by atoms with Crippen molar-refractivity contribution in [2.45, 2.75) is 52.1 Å². The molecule has 9 nitrogen and oxygen atoms in total. The van der Waals surface area contributed by atoms with Crippen LogP contribution >= 0.6 is 23.2 Å². The van der Waals surface area contributed by atoms with Crippen LogP contribution in [0.1, 0.15) is 72.8 Å². The van der Waals surface area contributed by atoms with E-state index in [0.717, 1.165) is 5.56 Å². The van der Waals surface area contributed by atoms with E-state index in [9.17, 15) is 9.59 Å². The van der Waals surface area contributed by atoms with Gasteiger partial charge in [-0.05, 0) is 50.6 Å². The predicted molar refractivity (Wildman–Crippen MR) is 158 cm³/mol. The van der Waals surface area contributed by atoms with Crippen LogP contribution in [-0.4, -0.2) is 38.4 Å². The summed E-state index contributed by atoms with van der Waals surface area (Å²) in [4.78, 5) is 44.4. The van der Waals surface area contributed by atoms with Crippen LogP contribution in [0, 0.1) is 6.92 Å². The molecule has 2 aromatic heterocycles. The molecule has 1 atom stereocenters. The molecule has 0 radical (unpaired) electrons. The molecule has 0 aliphatic carbocycles. The van der Waals surface area contributed by atoms with Crippen molar-refractivity contribution in [2.24, 2.45) is 0 Å². The minimum absolute atomic E-state index is 0.0812. The number of methoxy groups -OCH3 is 1.